The highest BCUT2D eigenvalue weighted by Gasteiger charge is 2.22. The van der Waals surface area contributed by atoms with Gasteiger partial charge in [-0.05, 0) is 61.6 Å². The molecule has 0 heterocycles. The van der Waals surface area contributed by atoms with Crippen LogP contribution in [0.15, 0.2) is 30.3 Å². The van der Waals surface area contributed by atoms with Crippen LogP contribution in [-0.4, -0.2) is 18.0 Å². The Kier molecular flexibility index (Phi) is 5.76. The third kappa shape index (κ3) is 4.14. The molecule has 1 aliphatic carbocycles. The highest BCUT2D eigenvalue weighted by atomic mass is 35.5. The fourth-order valence-electron chi connectivity index (χ4n) is 2.87. The summed E-state index contributed by atoms with van der Waals surface area (Å²) in [7, 11) is 0. The molecule has 4 nitrogen and oxygen atoms in total. The van der Waals surface area contributed by atoms with Crippen molar-refractivity contribution in [2.75, 3.05) is 5.32 Å². The third-order valence-electron chi connectivity index (χ3n) is 4.24. The Balaban J connectivity index is 1.67. The van der Waals surface area contributed by atoms with Gasteiger partial charge in [0, 0.05) is 5.02 Å². The minimum atomic E-state index is -1.02. The third-order valence-corrected chi connectivity index (χ3v) is 5.06. The SMILES string of the molecule is C[C@H](OC(=O)c1ccc2c(c1)CCC2)C(=O)Nc1c(Cl)cc(Cl)cc1Cl. The number of hydrogen-bond acceptors (Lipinski definition) is 3. The van der Waals surface area contributed by atoms with E-state index in [1.165, 1.54) is 24.6 Å². The molecule has 1 amide bonds. The zero-order valence-electron chi connectivity index (χ0n) is 13.9. The van der Waals surface area contributed by atoms with Crippen LogP contribution in [0, 0.1) is 0 Å². The van der Waals surface area contributed by atoms with Gasteiger partial charge in [0.1, 0.15) is 0 Å². The van der Waals surface area contributed by atoms with Crippen LogP contribution in [0.1, 0.15) is 34.8 Å². The zero-order valence-corrected chi connectivity index (χ0v) is 16.2. The summed E-state index contributed by atoms with van der Waals surface area (Å²) in [5.74, 6) is -1.08. The number of amides is 1. The molecule has 136 valence electrons. The van der Waals surface area contributed by atoms with Gasteiger partial charge in [-0.25, -0.2) is 4.79 Å². The molecule has 0 fully saturated rings. The molecule has 7 heteroatoms. The van der Waals surface area contributed by atoms with Gasteiger partial charge < -0.3 is 10.1 Å². The van der Waals surface area contributed by atoms with E-state index in [4.69, 9.17) is 39.5 Å². The Bertz CT molecular complexity index is 859. The number of carbonyl (C=O) groups excluding carboxylic acids is 2. The molecule has 1 atom stereocenters. The lowest BCUT2D eigenvalue weighted by molar-refractivity contribution is -0.123. The van der Waals surface area contributed by atoms with Crippen molar-refractivity contribution in [3.8, 4) is 0 Å². The van der Waals surface area contributed by atoms with Crippen LogP contribution in [0.2, 0.25) is 15.1 Å². The lowest BCUT2D eigenvalue weighted by atomic mass is 10.1. The van der Waals surface area contributed by atoms with Crippen molar-refractivity contribution in [1.82, 2.24) is 0 Å². The van der Waals surface area contributed by atoms with Gasteiger partial charge in [-0.15, -0.1) is 0 Å². The van der Waals surface area contributed by atoms with Crippen LogP contribution in [0.4, 0.5) is 5.69 Å². The molecular formula is C19H16Cl3NO3. The van der Waals surface area contributed by atoms with Crippen molar-refractivity contribution >= 4 is 52.4 Å². The number of nitrogens with one attached hydrogen (secondary N) is 1. The quantitative estimate of drug-likeness (QED) is 0.691. The number of fused-ring (bicyclic) bond motifs is 1. The first-order valence-electron chi connectivity index (χ1n) is 8.13. The number of carbonyl (C=O) groups is 2. The maximum atomic E-state index is 12.3. The second-order valence-corrected chi connectivity index (χ2v) is 7.37. The Morgan fingerprint density at radius 2 is 1.69 bits per heavy atom. The number of ether oxygens (including phenoxy) is 1. The van der Waals surface area contributed by atoms with Crippen LogP contribution >= 0.6 is 34.8 Å². The summed E-state index contributed by atoms with van der Waals surface area (Å²) in [6.07, 6.45) is 2.07. The average molecular weight is 413 g/mol. The highest BCUT2D eigenvalue weighted by Crippen LogP contribution is 2.33. The molecule has 0 unspecified atom stereocenters. The molecule has 26 heavy (non-hydrogen) atoms. The van der Waals surface area contributed by atoms with Crippen molar-refractivity contribution in [1.29, 1.82) is 0 Å². The molecule has 1 N–H and O–H groups in total. The number of esters is 1. The topological polar surface area (TPSA) is 55.4 Å². The Hall–Kier alpha value is -1.75. The molecule has 0 aromatic heterocycles. The average Bonchev–Trinajstić information content (AvgIpc) is 3.05. The second-order valence-electron chi connectivity index (χ2n) is 6.12. The summed E-state index contributed by atoms with van der Waals surface area (Å²) >= 11 is 17.9. The largest absolute Gasteiger partial charge is 0.449 e. The maximum absolute atomic E-state index is 12.3. The van der Waals surface area contributed by atoms with E-state index in [1.54, 1.807) is 6.07 Å². The standard InChI is InChI=1S/C19H16Cl3NO3/c1-10(18(24)23-17-15(21)8-14(20)9-16(17)22)26-19(25)13-6-5-11-3-2-4-12(11)7-13/h5-10H,2-4H2,1H3,(H,23,24)/t10-/m0/s1. The van der Waals surface area contributed by atoms with Crippen LogP contribution < -0.4 is 5.32 Å². The lowest BCUT2D eigenvalue weighted by Gasteiger charge is -2.15. The molecule has 2 aromatic rings. The molecule has 0 radical (unpaired) electrons. The van der Waals surface area contributed by atoms with Gasteiger partial charge in [0.25, 0.3) is 5.91 Å². The molecule has 0 aliphatic heterocycles. The molecule has 0 spiro atoms. The van der Waals surface area contributed by atoms with Crippen LogP contribution in [0.5, 0.6) is 0 Å². The molecule has 0 saturated heterocycles. The molecule has 3 rings (SSSR count). The van der Waals surface area contributed by atoms with Crippen molar-refractivity contribution in [3.63, 3.8) is 0 Å². The monoisotopic (exact) mass is 411 g/mol. The van der Waals surface area contributed by atoms with E-state index in [-0.39, 0.29) is 15.7 Å². The number of anilines is 1. The Morgan fingerprint density at radius 1 is 1.04 bits per heavy atom. The van der Waals surface area contributed by atoms with Gasteiger partial charge >= 0.3 is 5.97 Å². The van der Waals surface area contributed by atoms with Crippen molar-refractivity contribution in [3.05, 3.63) is 62.1 Å². The number of aryl methyl sites for hydroxylation is 2. The smallest absolute Gasteiger partial charge is 0.338 e. The van der Waals surface area contributed by atoms with Gasteiger partial charge in [-0.3, -0.25) is 4.79 Å². The van der Waals surface area contributed by atoms with Crippen molar-refractivity contribution < 1.29 is 14.3 Å². The number of rotatable bonds is 4. The fourth-order valence-corrected chi connectivity index (χ4v) is 3.78. The van der Waals surface area contributed by atoms with E-state index < -0.39 is 18.0 Å². The van der Waals surface area contributed by atoms with Crippen molar-refractivity contribution in [2.45, 2.75) is 32.3 Å². The first-order chi connectivity index (χ1) is 12.3. The Morgan fingerprint density at radius 3 is 2.38 bits per heavy atom. The van der Waals surface area contributed by atoms with E-state index in [0.717, 1.165) is 24.8 Å². The summed E-state index contributed by atoms with van der Waals surface area (Å²) in [6, 6.07) is 8.43. The van der Waals surface area contributed by atoms with Gasteiger partial charge in [-0.2, -0.15) is 0 Å². The van der Waals surface area contributed by atoms with Gasteiger partial charge in [0.2, 0.25) is 0 Å². The molecule has 0 bridgehead atoms. The minimum Gasteiger partial charge on any atom is -0.449 e. The van der Waals surface area contributed by atoms with Crippen LogP contribution in [0.25, 0.3) is 0 Å². The van der Waals surface area contributed by atoms with E-state index in [1.807, 2.05) is 12.1 Å². The van der Waals surface area contributed by atoms with Gasteiger partial charge in [0.05, 0.1) is 21.3 Å². The normalized spacial score (nSPS) is 13.8. The summed E-state index contributed by atoms with van der Waals surface area (Å²) < 4.78 is 5.27. The summed E-state index contributed by atoms with van der Waals surface area (Å²) in [4.78, 5) is 24.6. The minimum absolute atomic E-state index is 0.202. The van der Waals surface area contributed by atoms with Crippen molar-refractivity contribution in [2.24, 2.45) is 0 Å². The van der Waals surface area contributed by atoms with E-state index >= 15 is 0 Å². The lowest BCUT2D eigenvalue weighted by Crippen LogP contribution is -2.30. The molecule has 1 aliphatic rings. The first-order valence-corrected chi connectivity index (χ1v) is 9.26. The highest BCUT2D eigenvalue weighted by molar-refractivity contribution is 6.42. The predicted molar refractivity (Wildman–Crippen MR) is 103 cm³/mol. The van der Waals surface area contributed by atoms with E-state index in [9.17, 15) is 9.59 Å². The molecule has 2 aromatic carbocycles. The summed E-state index contributed by atoms with van der Waals surface area (Å²) in [5, 5.41) is 3.32. The molecular weight excluding hydrogens is 397 g/mol. The fraction of sp³-hybridized carbons (Fsp3) is 0.263. The second kappa shape index (κ2) is 7.87. The summed E-state index contributed by atoms with van der Waals surface area (Å²) in [6.45, 7) is 1.48. The molecule has 0 saturated carbocycles. The number of halogens is 3. The van der Waals surface area contributed by atoms with E-state index in [2.05, 4.69) is 5.32 Å². The Labute approximate surface area is 166 Å². The summed E-state index contributed by atoms with van der Waals surface area (Å²) in [5.41, 5.74) is 3.09. The predicted octanol–water partition coefficient (Wildman–Crippen LogP) is 5.32. The van der Waals surface area contributed by atoms with Crippen LogP contribution in [-0.2, 0) is 22.4 Å². The van der Waals surface area contributed by atoms with E-state index in [0.29, 0.717) is 10.6 Å². The number of benzene rings is 2. The number of hydrogen-bond donors (Lipinski definition) is 1. The van der Waals surface area contributed by atoms with Crippen LogP contribution in [0.3, 0.4) is 0 Å². The van der Waals surface area contributed by atoms with Gasteiger partial charge in [-0.1, -0.05) is 40.9 Å². The first kappa shape index (κ1) is 19.0. The van der Waals surface area contributed by atoms with Gasteiger partial charge in [0.15, 0.2) is 6.10 Å². The zero-order chi connectivity index (χ0) is 18.8. The maximum Gasteiger partial charge on any atom is 0.338 e.